The van der Waals surface area contributed by atoms with E-state index in [1.807, 2.05) is 5.43 Å². The highest BCUT2D eigenvalue weighted by atomic mass is 19.1. The zero-order chi connectivity index (χ0) is 24.3. The number of rotatable bonds is 6. The number of carbonyl (C=O) groups excluding carboxylic acids is 2. The molecule has 1 saturated carbocycles. The molecule has 33 heavy (non-hydrogen) atoms. The van der Waals surface area contributed by atoms with Crippen molar-refractivity contribution in [2.45, 2.75) is 57.7 Å². The number of nitrogens with one attached hydrogen (secondary N) is 4. The topological polar surface area (TPSA) is 141 Å². The van der Waals surface area contributed by atoms with Gasteiger partial charge in [0, 0.05) is 19.1 Å². The largest absolute Gasteiger partial charge is 0.494 e. The van der Waals surface area contributed by atoms with Crippen LogP contribution in [-0.2, 0) is 4.74 Å². The Labute approximate surface area is 190 Å². The Hall–Kier alpha value is -3.44. The van der Waals surface area contributed by atoms with Crippen molar-refractivity contribution in [1.82, 2.24) is 16.2 Å². The molecule has 0 bridgehead atoms. The van der Waals surface area contributed by atoms with Crippen LogP contribution in [0.15, 0.2) is 6.07 Å². The van der Waals surface area contributed by atoms with Crippen molar-refractivity contribution in [2.75, 3.05) is 30.4 Å². The highest BCUT2D eigenvalue weighted by Crippen LogP contribution is 2.41. The van der Waals surface area contributed by atoms with Crippen molar-refractivity contribution < 1.29 is 33.4 Å². The second-order valence-corrected chi connectivity index (χ2v) is 9.04. The summed E-state index contributed by atoms with van der Waals surface area (Å²) < 4.78 is 26.4. The van der Waals surface area contributed by atoms with Crippen LogP contribution in [0.4, 0.5) is 25.4 Å². The fourth-order valence-electron chi connectivity index (χ4n) is 3.55. The number of nitrogens with zero attached hydrogens (tertiary/aromatic N) is 1. The molecule has 3 amide bonds. The number of ether oxygens (including phenoxy) is 2. The van der Waals surface area contributed by atoms with Crippen LogP contribution in [0.3, 0.4) is 0 Å². The maximum Gasteiger partial charge on any atom is 0.423 e. The summed E-state index contributed by atoms with van der Waals surface area (Å²) in [5.74, 6) is -1.39. The SMILES string of the molecule is COc1cc(C(=O)NNC(=O)O)c(NC2CC2)c(F)c1N1CCC(NC(=O)OC(C)(C)C)C1. The number of hydrogen-bond donors (Lipinski definition) is 5. The van der Waals surface area contributed by atoms with Crippen molar-refractivity contribution in [3.63, 3.8) is 0 Å². The molecule has 1 unspecified atom stereocenters. The third-order valence-electron chi connectivity index (χ3n) is 5.10. The minimum absolute atomic E-state index is 0.0264. The van der Waals surface area contributed by atoms with Crippen LogP contribution in [0.5, 0.6) is 5.75 Å². The average Bonchev–Trinajstić information content (AvgIpc) is 3.42. The average molecular weight is 467 g/mol. The maximum absolute atomic E-state index is 15.8. The van der Waals surface area contributed by atoms with Gasteiger partial charge in [0.25, 0.3) is 5.91 Å². The van der Waals surface area contributed by atoms with Gasteiger partial charge in [-0.15, -0.1) is 0 Å². The number of halogens is 1. The van der Waals surface area contributed by atoms with E-state index in [-0.39, 0.29) is 34.8 Å². The van der Waals surface area contributed by atoms with Gasteiger partial charge in [0.05, 0.1) is 24.4 Å². The fourth-order valence-corrected chi connectivity index (χ4v) is 3.55. The van der Waals surface area contributed by atoms with Crippen LogP contribution in [-0.4, -0.2) is 61.1 Å². The van der Waals surface area contributed by atoms with Crippen LogP contribution >= 0.6 is 0 Å². The van der Waals surface area contributed by atoms with Crippen LogP contribution in [0.2, 0.25) is 0 Å². The Bertz CT molecular complexity index is 931. The number of alkyl carbamates (subject to hydrolysis) is 1. The Morgan fingerprint density at radius 3 is 2.42 bits per heavy atom. The van der Waals surface area contributed by atoms with E-state index < -0.39 is 29.5 Å². The zero-order valence-corrected chi connectivity index (χ0v) is 19.1. The summed E-state index contributed by atoms with van der Waals surface area (Å²) in [6.45, 7) is 6.08. The van der Waals surface area contributed by atoms with Gasteiger partial charge in [-0.3, -0.25) is 10.2 Å². The molecule has 1 aromatic carbocycles. The molecule has 3 rings (SSSR count). The van der Waals surface area contributed by atoms with E-state index in [0.29, 0.717) is 19.5 Å². The van der Waals surface area contributed by atoms with Crippen LogP contribution in [0.25, 0.3) is 0 Å². The first-order valence-corrected chi connectivity index (χ1v) is 10.7. The third-order valence-corrected chi connectivity index (χ3v) is 5.10. The third kappa shape index (κ3) is 6.30. The smallest absolute Gasteiger partial charge is 0.423 e. The lowest BCUT2D eigenvalue weighted by atomic mass is 10.1. The number of hydrazine groups is 1. The Morgan fingerprint density at radius 2 is 1.85 bits per heavy atom. The molecule has 0 aromatic heterocycles. The summed E-state index contributed by atoms with van der Waals surface area (Å²) in [6.07, 6.45) is 0.236. The number of carbonyl (C=O) groups is 3. The molecule has 2 fully saturated rings. The summed E-state index contributed by atoms with van der Waals surface area (Å²) >= 11 is 0. The van der Waals surface area contributed by atoms with E-state index in [4.69, 9.17) is 14.6 Å². The summed E-state index contributed by atoms with van der Waals surface area (Å²) in [6, 6.07) is 1.14. The molecular formula is C21H30FN5O6. The van der Waals surface area contributed by atoms with E-state index in [1.54, 1.807) is 31.1 Å². The molecule has 0 spiro atoms. The van der Waals surface area contributed by atoms with Crippen molar-refractivity contribution in [2.24, 2.45) is 0 Å². The molecule has 1 heterocycles. The predicted octanol–water partition coefficient (Wildman–Crippen LogP) is 2.42. The Morgan fingerprint density at radius 1 is 1.15 bits per heavy atom. The van der Waals surface area contributed by atoms with Gasteiger partial charge in [-0.1, -0.05) is 0 Å². The normalized spacial score (nSPS) is 17.8. The molecule has 1 saturated heterocycles. The van der Waals surface area contributed by atoms with Gasteiger partial charge in [-0.25, -0.2) is 19.4 Å². The first-order chi connectivity index (χ1) is 15.5. The molecule has 0 radical (unpaired) electrons. The molecule has 12 heteroatoms. The first-order valence-electron chi connectivity index (χ1n) is 10.7. The molecule has 182 valence electrons. The molecule has 1 aromatic rings. The Balaban J connectivity index is 1.85. The molecule has 11 nitrogen and oxygen atoms in total. The summed E-state index contributed by atoms with van der Waals surface area (Å²) in [7, 11) is 1.36. The second-order valence-electron chi connectivity index (χ2n) is 9.04. The lowest BCUT2D eigenvalue weighted by Crippen LogP contribution is -2.41. The van der Waals surface area contributed by atoms with Crippen LogP contribution in [0, 0.1) is 5.82 Å². The monoisotopic (exact) mass is 467 g/mol. The molecule has 1 aliphatic carbocycles. The number of hydrogen-bond acceptors (Lipinski definition) is 7. The summed E-state index contributed by atoms with van der Waals surface area (Å²) in [4.78, 5) is 37.1. The van der Waals surface area contributed by atoms with Crippen molar-refractivity contribution in [3.8, 4) is 5.75 Å². The minimum Gasteiger partial charge on any atom is -0.494 e. The standard InChI is InChI=1S/C21H30FN5O6/c1-21(2,3)33-20(31)24-12-7-8-27(10-12)17-14(32-4)9-13(18(28)25-26-19(29)30)16(15(17)22)23-11-5-6-11/h9,11-12,23,26H,5-8,10H2,1-4H3,(H,24,31)(H,25,28)(H,29,30). The molecule has 5 N–H and O–H groups in total. The maximum atomic E-state index is 15.8. The van der Waals surface area contributed by atoms with E-state index in [9.17, 15) is 14.4 Å². The van der Waals surface area contributed by atoms with Crippen molar-refractivity contribution in [1.29, 1.82) is 0 Å². The van der Waals surface area contributed by atoms with Gasteiger partial charge in [0.15, 0.2) is 5.82 Å². The number of anilines is 2. The quantitative estimate of drug-likeness (QED) is 0.402. The van der Waals surface area contributed by atoms with Gasteiger partial charge in [-0.05, 0) is 46.1 Å². The van der Waals surface area contributed by atoms with Crippen molar-refractivity contribution >= 4 is 29.5 Å². The van der Waals surface area contributed by atoms with Gasteiger partial charge < -0.3 is 30.1 Å². The second kappa shape index (κ2) is 9.59. The highest BCUT2D eigenvalue weighted by Gasteiger charge is 2.34. The lowest BCUT2D eigenvalue weighted by molar-refractivity contribution is 0.0508. The minimum atomic E-state index is -1.45. The summed E-state index contributed by atoms with van der Waals surface area (Å²) in [5.41, 5.74) is 3.21. The highest BCUT2D eigenvalue weighted by molar-refractivity contribution is 6.02. The van der Waals surface area contributed by atoms with E-state index in [1.165, 1.54) is 13.2 Å². The molecular weight excluding hydrogens is 437 g/mol. The molecule has 2 aliphatic rings. The number of methoxy groups -OCH3 is 1. The first kappa shape index (κ1) is 24.2. The van der Waals surface area contributed by atoms with E-state index >= 15 is 4.39 Å². The molecule has 1 aliphatic heterocycles. The summed E-state index contributed by atoms with van der Waals surface area (Å²) in [5, 5.41) is 14.6. The van der Waals surface area contributed by atoms with Crippen molar-refractivity contribution in [3.05, 3.63) is 17.4 Å². The number of benzene rings is 1. The predicted molar refractivity (Wildman–Crippen MR) is 118 cm³/mol. The van der Waals surface area contributed by atoms with E-state index in [0.717, 1.165) is 12.8 Å². The Kier molecular flexibility index (Phi) is 7.04. The van der Waals surface area contributed by atoms with E-state index in [2.05, 4.69) is 10.6 Å². The lowest BCUT2D eigenvalue weighted by Gasteiger charge is -2.25. The number of carboxylic acid groups (broad SMARTS) is 1. The fraction of sp³-hybridized carbons (Fsp3) is 0.571. The van der Waals surface area contributed by atoms with Gasteiger partial charge >= 0.3 is 12.2 Å². The number of amides is 3. The van der Waals surface area contributed by atoms with Gasteiger partial charge in [0.2, 0.25) is 0 Å². The van der Waals surface area contributed by atoms with Crippen LogP contribution < -0.4 is 31.1 Å². The molecule has 1 atom stereocenters. The van der Waals surface area contributed by atoms with Gasteiger partial charge in [-0.2, -0.15) is 0 Å². The van der Waals surface area contributed by atoms with Crippen LogP contribution in [0.1, 0.15) is 50.4 Å². The van der Waals surface area contributed by atoms with Gasteiger partial charge in [0.1, 0.15) is 17.0 Å². The zero-order valence-electron chi connectivity index (χ0n) is 19.1.